The normalized spacial score (nSPS) is 22.5. The van der Waals surface area contributed by atoms with E-state index in [1.54, 1.807) is 24.3 Å². The molecule has 0 saturated heterocycles. The van der Waals surface area contributed by atoms with Crippen LogP contribution in [-0.2, 0) is 9.59 Å². The second kappa shape index (κ2) is 5.25. The first-order valence-electron chi connectivity index (χ1n) is 6.96. The molecule has 1 aliphatic carbocycles. The molecule has 1 aromatic rings. The van der Waals surface area contributed by atoms with Crippen LogP contribution in [0.2, 0.25) is 0 Å². The summed E-state index contributed by atoms with van der Waals surface area (Å²) in [7, 11) is 0. The van der Waals surface area contributed by atoms with Gasteiger partial charge in [-0.05, 0) is 18.6 Å². The third-order valence-electron chi connectivity index (χ3n) is 3.96. The number of carbonyl (C=O) groups excluding carboxylic acids is 3. The summed E-state index contributed by atoms with van der Waals surface area (Å²) in [6.45, 7) is 0.190. The zero-order chi connectivity index (χ0) is 15.9. The number of carboxylic acids is 1. The molecular formula is C15H14N2O5. The van der Waals surface area contributed by atoms with Crippen LogP contribution in [0.15, 0.2) is 24.3 Å². The van der Waals surface area contributed by atoms with Crippen LogP contribution in [0.4, 0.5) is 0 Å². The largest absolute Gasteiger partial charge is 0.481 e. The van der Waals surface area contributed by atoms with E-state index < -0.39 is 17.8 Å². The van der Waals surface area contributed by atoms with Crippen molar-refractivity contribution in [1.82, 2.24) is 10.2 Å². The molecule has 2 atom stereocenters. The maximum atomic E-state index is 12.1. The van der Waals surface area contributed by atoms with Gasteiger partial charge in [-0.2, -0.15) is 0 Å². The van der Waals surface area contributed by atoms with Gasteiger partial charge in [0.15, 0.2) is 0 Å². The monoisotopic (exact) mass is 302 g/mol. The number of hydrogen-bond donors (Lipinski definition) is 2. The molecule has 0 spiro atoms. The smallest absolute Gasteiger partial charge is 0.307 e. The molecule has 0 aromatic heterocycles. The Morgan fingerprint density at radius 1 is 1.14 bits per heavy atom. The van der Waals surface area contributed by atoms with E-state index in [1.807, 2.05) is 0 Å². The highest BCUT2D eigenvalue weighted by atomic mass is 16.4. The third-order valence-corrected chi connectivity index (χ3v) is 3.96. The average molecular weight is 302 g/mol. The lowest BCUT2D eigenvalue weighted by atomic mass is 10.1. The van der Waals surface area contributed by atoms with Crippen LogP contribution in [0.3, 0.4) is 0 Å². The van der Waals surface area contributed by atoms with Gasteiger partial charge in [-0.3, -0.25) is 24.1 Å². The van der Waals surface area contributed by atoms with E-state index in [0.29, 0.717) is 17.5 Å². The van der Waals surface area contributed by atoms with E-state index in [4.69, 9.17) is 5.11 Å². The number of aliphatic carboxylic acids is 1. The lowest BCUT2D eigenvalue weighted by Crippen LogP contribution is -2.38. The highest BCUT2D eigenvalue weighted by Gasteiger charge is 2.48. The molecule has 3 rings (SSSR count). The van der Waals surface area contributed by atoms with Crippen LogP contribution in [0.25, 0.3) is 0 Å². The summed E-state index contributed by atoms with van der Waals surface area (Å²) in [5.41, 5.74) is 0.735. The number of nitrogens with zero attached hydrogens (tertiary/aromatic N) is 1. The molecule has 1 aromatic carbocycles. The van der Waals surface area contributed by atoms with Gasteiger partial charge in [-0.25, -0.2) is 0 Å². The lowest BCUT2D eigenvalue weighted by molar-refractivity contribution is -0.140. The summed E-state index contributed by atoms with van der Waals surface area (Å²) in [6.07, 6.45) is 0.341. The number of carbonyl (C=O) groups is 4. The Balaban J connectivity index is 1.53. The second-order valence-electron chi connectivity index (χ2n) is 5.39. The number of hydrogen-bond acceptors (Lipinski definition) is 4. The van der Waals surface area contributed by atoms with Crippen LogP contribution >= 0.6 is 0 Å². The molecule has 0 bridgehead atoms. The number of rotatable bonds is 5. The molecule has 2 unspecified atom stereocenters. The predicted molar refractivity (Wildman–Crippen MR) is 74.1 cm³/mol. The van der Waals surface area contributed by atoms with E-state index in [2.05, 4.69) is 5.32 Å². The summed E-state index contributed by atoms with van der Waals surface area (Å²) in [5.74, 6) is -3.17. The third kappa shape index (κ3) is 2.34. The Kier molecular flexibility index (Phi) is 3.40. The number of benzene rings is 1. The van der Waals surface area contributed by atoms with Crippen molar-refractivity contribution in [2.45, 2.75) is 6.42 Å². The summed E-state index contributed by atoms with van der Waals surface area (Å²) in [6, 6.07) is 6.56. The zero-order valence-electron chi connectivity index (χ0n) is 11.6. The Labute approximate surface area is 125 Å². The summed E-state index contributed by atoms with van der Waals surface area (Å²) < 4.78 is 0. The zero-order valence-corrected chi connectivity index (χ0v) is 11.6. The maximum absolute atomic E-state index is 12.1. The number of nitrogens with one attached hydrogen (secondary N) is 1. The minimum absolute atomic E-state index is 0.0720. The molecule has 1 fully saturated rings. The lowest BCUT2D eigenvalue weighted by Gasteiger charge is -2.14. The van der Waals surface area contributed by atoms with Crippen LogP contribution in [-0.4, -0.2) is 46.8 Å². The van der Waals surface area contributed by atoms with Gasteiger partial charge in [-0.1, -0.05) is 12.1 Å². The number of fused-ring (bicyclic) bond motifs is 1. The fourth-order valence-electron chi connectivity index (χ4n) is 2.62. The minimum Gasteiger partial charge on any atom is -0.481 e. The first-order chi connectivity index (χ1) is 10.5. The summed E-state index contributed by atoms with van der Waals surface area (Å²) >= 11 is 0. The van der Waals surface area contributed by atoms with Crippen LogP contribution in [0.1, 0.15) is 27.1 Å². The highest BCUT2D eigenvalue weighted by molar-refractivity contribution is 6.21. The molecule has 0 radical (unpaired) electrons. The van der Waals surface area contributed by atoms with E-state index >= 15 is 0 Å². The molecule has 114 valence electrons. The van der Waals surface area contributed by atoms with Gasteiger partial charge in [0.2, 0.25) is 5.91 Å². The number of amides is 3. The van der Waals surface area contributed by atoms with Gasteiger partial charge in [0.05, 0.1) is 23.0 Å². The van der Waals surface area contributed by atoms with E-state index in [9.17, 15) is 19.2 Å². The van der Waals surface area contributed by atoms with Crippen LogP contribution in [0.5, 0.6) is 0 Å². The van der Waals surface area contributed by atoms with Crippen molar-refractivity contribution in [2.75, 3.05) is 13.1 Å². The summed E-state index contributed by atoms with van der Waals surface area (Å²) in [5, 5.41) is 11.3. The molecule has 7 nitrogen and oxygen atoms in total. The maximum Gasteiger partial charge on any atom is 0.307 e. The summed E-state index contributed by atoms with van der Waals surface area (Å²) in [4.78, 5) is 47.7. The van der Waals surface area contributed by atoms with Crippen molar-refractivity contribution in [2.24, 2.45) is 11.8 Å². The molecule has 7 heteroatoms. The SMILES string of the molecule is O=C(O)C1CC1C(=O)NCCN1C(=O)c2ccccc2C1=O. The molecule has 2 aliphatic rings. The Morgan fingerprint density at radius 3 is 2.23 bits per heavy atom. The van der Waals surface area contributed by atoms with Gasteiger partial charge < -0.3 is 10.4 Å². The van der Waals surface area contributed by atoms with E-state index in [0.717, 1.165) is 4.90 Å². The number of imide groups is 1. The van der Waals surface area contributed by atoms with Gasteiger partial charge in [0, 0.05) is 13.1 Å². The fourth-order valence-corrected chi connectivity index (χ4v) is 2.62. The standard InChI is InChI=1S/C15H14N2O5/c18-12(10-7-11(10)15(21)22)16-5-6-17-13(19)8-3-1-2-4-9(8)14(17)20/h1-4,10-11H,5-7H2,(H,16,18)(H,21,22). The molecule has 2 N–H and O–H groups in total. The number of carboxylic acid groups (broad SMARTS) is 1. The van der Waals surface area contributed by atoms with Crippen molar-refractivity contribution in [1.29, 1.82) is 0 Å². The average Bonchev–Trinajstić information content (AvgIpc) is 3.27. The highest BCUT2D eigenvalue weighted by Crippen LogP contribution is 2.38. The van der Waals surface area contributed by atoms with Crippen LogP contribution in [0, 0.1) is 11.8 Å². The van der Waals surface area contributed by atoms with Crippen molar-refractivity contribution < 1.29 is 24.3 Å². The molecular weight excluding hydrogens is 288 g/mol. The predicted octanol–water partition coefficient (Wildman–Crippen LogP) is 0.120. The van der Waals surface area contributed by atoms with Gasteiger partial charge in [-0.15, -0.1) is 0 Å². The van der Waals surface area contributed by atoms with Crippen molar-refractivity contribution in [3.63, 3.8) is 0 Å². The molecule has 1 saturated carbocycles. The Hall–Kier alpha value is -2.70. The van der Waals surface area contributed by atoms with Crippen molar-refractivity contribution >= 4 is 23.7 Å². The van der Waals surface area contributed by atoms with Gasteiger partial charge in [0.25, 0.3) is 11.8 Å². The molecule has 3 amide bonds. The molecule has 1 aliphatic heterocycles. The van der Waals surface area contributed by atoms with E-state index in [1.165, 1.54) is 0 Å². The molecule has 1 heterocycles. The van der Waals surface area contributed by atoms with E-state index in [-0.39, 0.29) is 30.8 Å². The topological polar surface area (TPSA) is 104 Å². The first kappa shape index (κ1) is 14.2. The fraction of sp³-hybridized carbons (Fsp3) is 0.333. The quantitative estimate of drug-likeness (QED) is 0.752. The van der Waals surface area contributed by atoms with Crippen LogP contribution < -0.4 is 5.32 Å². The Bertz CT molecular complexity index is 649. The van der Waals surface area contributed by atoms with Gasteiger partial charge in [0.1, 0.15) is 0 Å². The minimum atomic E-state index is -0.972. The van der Waals surface area contributed by atoms with Crippen molar-refractivity contribution in [3.8, 4) is 0 Å². The second-order valence-corrected chi connectivity index (χ2v) is 5.39. The molecule has 22 heavy (non-hydrogen) atoms. The first-order valence-corrected chi connectivity index (χ1v) is 6.96. The van der Waals surface area contributed by atoms with Crippen molar-refractivity contribution in [3.05, 3.63) is 35.4 Å². The Morgan fingerprint density at radius 2 is 1.73 bits per heavy atom. The van der Waals surface area contributed by atoms with Gasteiger partial charge >= 0.3 is 5.97 Å².